The third kappa shape index (κ3) is 3.39. The first-order chi connectivity index (χ1) is 7.84. The van der Waals surface area contributed by atoms with E-state index in [0.717, 1.165) is 0 Å². The van der Waals surface area contributed by atoms with Crippen molar-refractivity contribution in [3.8, 4) is 0 Å². The molecule has 0 bridgehead atoms. The van der Waals surface area contributed by atoms with Crippen LogP contribution >= 0.6 is 0 Å². The summed E-state index contributed by atoms with van der Waals surface area (Å²) in [6.07, 6.45) is -27.3. The van der Waals surface area contributed by atoms with Gasteiger partial charge in [-0.05, 0) is 0 Å². The highest BCUT2D eigenvalue weighted by Crippen LogP contribution is 2.40. The van der Waals surface area contributed by atoms with Crippen molar-refractivity contribution in [2.24, 2.45) is 0 Å². The summed E-state index contributed by atoms with van der Waals surface area (Å²) < 4.78 is 121. The van der Waals surface area contributed by atoms with Gasteiger partial charge in [-0.25, -0.2) is 26.3 Å². The highest BCUT2D eigenvalue weighted by Gasteiger charge is 2.65. The van der Waals surface area contributed by atoms with Gasteiger partial charge < -0.3 is 5.11 Å². The molecule has 18 heavy (non-hydrogen) atoms. The van der Waals surface area contributed by atoms with Crippen molar-refractivity contribution >= 4 is 0 Å². The van der Waals surface area contributed by atoms with E-state index in [2.05, 4.69) is 0 Å². The molecule has 0 aromatic carbocycles. The molecule has 0 spiro atoms. The van der Waals surface area contributed by atoms with Crippen LogP contribution in [0.2, 0.25) is 0 Å². The van der Waals surface area contributed by atoms with Crippen LogP contribution < -0.4 is 0 Å². The maximum Gasteiger partial charge on any atom is 0.420 e. The van der Waals surface area contributed by atoms with E-state index in [1.807, 2.05) is 0 Å². The summed E-state index contributed by atoms with van der Waals surface area (Å²) >= 11 is 0. The molecular weight excluding hydrogens is 290 g/mol. The Morgan fingerprint density at radius 1 is 0.667 bits per heavy atom. The van der Waals surface area contributed by atoms with Gasteiger partial charge in [0.2, 0.25) is 6.17 Å². The van der Waals surface area contributed by atoms with E-state index in [4.69, 9.17) is 5.11 Å². The molecule has 0 heterocycles. The minimum Gasteiger partial charge on any atom is -0.331 e. The van der Waals surface area contributed by atoms with Crippen LogP contribution in [-0.4, -0.2) is 48.2 Å². The summed E-state index contributed by atoms with van der Waals surface area (Å²) in [7, 11) is 0. The second-order valence-electron chi connectivity index (χ2n) is 3.23. The summed E-state index contributed by atoms with van der Waals surface area (Å²) in [6.45, 7) is 0. The Kier molecular flexibility index (Phi) is 5.27. The molecule has 0 fully saturated rings. The Bertz CT molecular complexity index is 263. The molecule has 110 valence electrons. The molecule has 11 heteroatoms. The fraction of sp³-hybridized carbons (Fsp3) is 1.00. The average Bonchev–Trinajstić information content (AvgIpc) is 2.23. The molecule has 0 radical (unpaired) electrons. The number of halogens is 10. The van der Waals surface area contributed by atoms with Gasteiger partial charge in [0.15, 0.2) is 18.5 Å². The highest BCUT2D eigenvalue weighted by molar-refractivity contribution is 4.94. The lowest BCUT2D eigenvalue weighted by atomic mass is 10.0. The molecule has 4 atom stereocenters. The Hall–Kier alpha value is -0.740. The molecule has 0 aromatic heterocycles. The monoisotopic (exact) mass is 296 g/mol. The van der Waals surface area contributed by atoms with Gasteiger partial charge >= 0.3 is 12.0 Å². The zero-order chi connectivity index (χ0) is 14.9. The molecule has 4 unspecified atom stereocenters. The number of aliphatic hydroxyl groups is 1. The van der Waals surface area contributed by atoms with Crippen LogP contribution in [0.15, 0.2) is 0 Å². The smallest absolute Gasteiger partial charge is 0.331 e. The molecule has 0 aliphatic heterocycles. The summed E-state index contributed by atoms with van der Waals surface area (Å²) in [5.41, 5.74) is 0. The molecule has 0 saturated heterocycles. The van der Waals surface area contributed by atoms with Crippen molar-refractivity contribution in [2.75, 3.05) is 0 Å². The Morgan fingerprint density at radius 3 is 1.33 bits per heavy atom. The third-order valence-electron chi connectivity index (χ3n) is 1.88. The van der Waals surface area contributed by atoms with Crippen LogP contribution in [-0.2, 0) is 0 Å². The normalized spacial score (nSPS) is 20.7. The SMILES string of the molecule is OC(F)(F)C(F)(F)C(F)C(F)C(F)C(F)C(F)F. The van der Waals surface area contributed by atoms with E-state index in [9.17, 15) is 43.9 Å². The van der Waals surface area contributed by atoms with Gasteiger partial charge in [-0.15, -0.1) is 0 Å². The van der Waals surface area contributed by atoms with Crippen molar-refractivity contribution in [3.05, 3.63) is 0 Å². The third-order valence-corrected chi connectivity index (χ3v) is 1.88. The highest BCUT2D eigenvalue weighted by atomic mass is 19.3. The second kappa shape index (κ2) is 5.49. The molecule has 0 rings (SSSR count). The lowest BCUT2D eigenvalue weighted by molar-refractivity contribution is -0.348. The summed E-state index contributed by atoms with van der Waals surface area (Å²) in [5.74, 6) is -6.10. The predicted molar refractivity (Wildman–Crippen MR) is 37.7 cm³/mol. The van der Waals surface area contributed by atoms with E-state index < -0.39 is 43.1 Å². The van der Waals surface area contributed by atoms with Gasteiger partial charge in [0, 0.05) is 0 Å². The molecule has 1 N–H and O–H groups in total. The fourth-order valence-electron chi connectivity index (χ4n) is 0.842. The molecule has 0 aromatic rings. The average molecular weight is 296 g/mol. The molecular formula is C7H6F10O. The lowest BCUT2D eigenvalue weighted by Crippen LogP contribution is -2.54. The van der Waals surface area contributed by atoms with Crippen LogP contribution in [0.1, 0.15) is 0 Å². The summed E-state index contributed by atoms with van der Waals surface area (Å²) in [5, 5.41) is 7.54. The van der Waals surface area contributed by atoms with Gasteiger partial charge in [-0.3, -0.25) is 0 Å². The number of hydrogen-bond acceptors (Lipinski definition) is 1. The molecule has 0 aliphatic carbocycles. The zero-order valence-corrected chi connectivity index (χ0v) is 8.11. The molecule has 0 aliphatic rings. The van der Waals surface area contributed by atoms with Crippen LogP contribution in [0.25, 0.3) is 0 Å². The van der Waals surface area contributed by atoms with E-state index in [0.29, 0.717) is 0 Å². The molecule has 1 nitrogen and oxygen atoms in total. The first-order valence-corrected chi connectivity index (χ1v) is 4.16. The maximum atomic E-state index is 12.6. The quantitative estimate of drug-likeness (QED) is 0.747. The van der Waals surface area contributed by atoms with Crippen LogP contribution in [0.4, 0.5) is 43.9 Å². The zero-order valence-electron chi connectivity index (χ0n) is 8.11. The van der Waals surface area contributed by atoms with Gasteiger partial charge in [-0.2, -0.15) is 17.6 Å². The van der Waals surface area contributed by atoms with E-state index in [1.165, 1.54) is 0 Å². The lowest BCUT2D eigenvalue weighted by Gasteiger charge is -2.28. The first kappa shape index (κ1) is 17.3. The maximum absolute atomic E-state index is 12.6. The number of hydrogen-bond donors (Lipinski definition) is 1. The Morgan fingerprint density at radius 2 is 1.06 bits per heavy atom. The topological polar surface area (TPSA) is 20.2 Å². The van der Waals surface area contributed by atoms with Gasteiger partial charge in [0.25, 0.3) is 6.43 Å². The van der Waals surface area contributed by atoms with Crippen LogP contribution in [0, 0.1) is 0 Å². The number of alkyl halides is 10. The standard InChI is InChI=1S/C7H6F10O/c8-1(3(10)5(12)13)2(9)4(11)6(14,15)7(16,17)18/h1-5,18H. The van der Waals surface area contributed by atoms with Crippen molar-refractivity contribution in [2.45, 2.75) is 43.1 Å². The molecule has 0 amide bonds. The number of rotatable bonds is 6. The van der Waals surface area contributed by atoms with Gasteiger partial charge in [-0.1, -0.05) is 0 Å². The van der Waals surface area contributed by atoms with Gasteiger partial charge in [0.05, 0.1) is 0 Å². The first-order valence-electron chi connectivity index (χ1n) is 4.16. The van der Waals surface area contributed by atoms with Crippen molar-refractivity contribution in [1.29, 1.82) is 0 Å². The Balaban J connectivity index is 4.95. The molecule has 0 saturated carbocycles. The van der Waals surface area contributed by atoms with Crippen molar-refractivity contribution < 1.29 is 49.0 Å². The van der Waals surface area contributed by atoms with Crippen LogP contribution in [0.3, 0.4) is 0 Å². The van der Waals surface area contributed by atoms with Gasteiger partial charge in [0.1, 0.15) is 0 Å². The minimum atomic E-state index is -6.10. The Labute approximate surface area is 93.4 Å². The summed E-state index contributed by atoms with van der Waals surface area (Å²) in [6, 6.07) is 0. The van der Waals surface area contributed by atoms with E-state index in [1.54, 1.807) is 0 Å². The van der Waals surface area contributed by atoms with Crippen molar-refractivity contribution in [1.82, 2.24) is 0 Å². The second-order valence-corrected chi connectivity index (χ2v) is 3.23. The van der Waals surface area contributed by atoms with Crippen molar-refractivity contribution in [3.63, 3.8) is 0 Å². The van der Waals surface area contributed by atoms with E-state index >= 15 is 0 Å². The summed E-state index contributed by atoms with van der Waals surface area (Å²) in [4.78, 5) is 0. The largest absolute Gasteiger partial charge is 0.420 e. The van der Waals surface area contributed by atoms with E-state index in [-0.39, 0.29) is 0 Å². The fourth-order valence-corrected chi connectivity index (χ4v) is 0.842. The van der Waals surface area contributed by atoms with Crippen LogP contribution in [0.5, 0.6) is 0 Å². The predicted octanol–water partition coefficient (Wildman–Crippen LogP) is 2.82. The minimum absolute atomic E-state index is 3.97.